The van der Waals surface area contributed by atoms with Gasteiger partial charge in [0.15, 0.2) is 0 Å². The van der Waals surface area contributed by atoms with E-state index in [4.69, 9.17) is 9.47 Å². The van der Waals surface area contributed by atoms with Gasteiger partial charge in [0, 0.05) is 19.3 Å². The molecule has 2 rings (SSSR count). The van der Waals surface area contributed by atoms with Gasteiger partial charge in [-0.3, -0.25) is 4.79 Å². The Kier molecular flexibility index (Phi) is 7.11. The Bertz CT molecular complexity index is 555. The van der Waals surface area contributed by atoms with Crippen LogP contribution < -0.4 is 9.64 Å². The number of ether oxygens (including phenoxy) is 2. The molecule has 0 aliphatic carbocycles. The molecule has 0 aromatic heterocycles. The number of likely N-dealkylation sites (tertiary alicyclic amines) is 1. The summed E-state index contributed by atoms with van der Waals surface area (Å²) in [6.45, 7) is 5.31. The molecule has 140 valence electrons. The first-order valence-corrected chi connectivity index (χ1v) is 8.70. The fraction of sp³-hybridized carbons (Fsp3) is 0.611. The van der Waals surface area contributed by atoms with Crippen LogP contribution >= 0.6 is 0 Å². The van der Waals surface area contributed by atoms with Crippen molar-refractivity contribution in [2.45, 2.75) is 32.4 Å². The molecule has 0 radical (unpaired) electrons. The molecule has 1 aliphatic rings. The summed E-state index contributed by atoms with van der Waals surface area (Å²) in [5, 5.41) is 0. The molecule has 0 spiro atoms. The highest BCUT2D eigenvalue weighted by Crippen LogP contribution is 2.31. The number of rotatable bonds is 7. The molecule has 0 atom stereocenters. The zero-order chi connectivity index (χ0) is 18.3. The van der Waals surface area contributed by atoms with E-state index in [1.165, 1.54) is 17.0 Å². The number of esters is 1. The van der Waals surface area contributed by atoms with Gasteiger partial charge in [0.1, 0.15) is 5.75 Å². The maximum atomic E-state index is 12.6. The van der Waals surface area contributed by atoms with Gasteiger partial charge in [-0.05, 0) is 25.1 Å². The predicted molar refractivity (Wildman–Crippen MR) is 86.5 cm³/mol. The number of quaternary nitrogens is 1. The number of hydrogen-bond acceptors (Lipinski definition) is 3. The van der Waals surface area contributed by atoms with Gasteiger partial charge in [0.2, 0.25) is 0 Å². The molecule has 0 saturated carbocycles. The highest BCUT2D eigenvalue weighted by Gasteiger charge is 2.30. The molecule has 1 saturated heterocycles. The summed E-state index contributed by atoms with van der Waals surface area (Å²) in [5.74, 6) is 0.144. The Morgan fingerprint density at radius 3 is 2.64 bits per heavy atom. The van der Waals surface area contributed by atoms with Crippen molar-refractivity contribution in [3.05, 3.63) is 29.8 Å². The van der Waals surface area contributed by atoms with E-state index in [9.17, 15) is 18.0 Å². The van der Waals surface area contributed by atoms with Crippen LogP contribution in [-0.4, -0.2) is 38.8 Å². The summed E-state index contributed by atoms with van der Waals surface area (Å²) < 4.78 is 48.4. The van der Waals surface area contributed by atoms with Gasteiger partial charge >= 0.3 is 12.1 Å². The average molecular weight is 360 g/mol. The maximum Gasteiger partial charge on any atom is 0.416 e. The Morgan fingerprint density at radius 1 is 1.28 bits per heavy atom. The van der Waals surface area contributed by atoms with Crippen LogP contribution in [0.25, 0.3) is 0 Å². The SMILES string of the molecule is CCOC(=O)C1CC[NH+](CCCOc2cccc(C(F)(F)F)c2)CC1. The first-order chi connectivity index (χ1) is 11.9. The van der Waals surface area contributed by atoms with E-state index in [-0.39, 0.29) is 17.6 Å². The highest BCUT2D eigenvalue weighted by molar-refractivity contribution is 5.72. The summed E-state index contributed by atoms with van der Waals surface area (Å²) in [5.41, 5.74) is -0.698. The molecule has 0 amide bonds. The van der Waals surface area contributed by atoms with E-state index in [1.54, 1.807) is 0 Å². The molecule has 1 aromatic rings. The second kappa shape index (κ2) is 9.08. The fourth-order valence-corrected chi connectivity index (χ4v) is 3.05. The number of carbonyl (C=O) groups is 1. The lowest BCUT2D eigenvalue weighted by molar-refractivity contribution is -0.906. The quantitative estimate of drug-likeness (QED) is 0.599. The van der Waals surface area contributed by atoms with Crippen LogP contribution in [0.15, 0.2) is 24.3 Å². The van der Waals surface area contributed by atoms with Crippen LogP contribution in [0, 0.1) is 5.92 Å². The van der Waals surface area contributed by atoms with E-state index in [0.717, 1.165) is 51.0 Å². The topological polar surface area (TPSA) is 40.0 Å². The van der Waals surface area contributed by atoms with E-state index in [2.05, 4.69) is 0 Å². The molecular weight excluding hydrogens is 335 g/mol. The van der Waals surface area contributed by atoms with Gasteiger partial charge in [-0.25, -0.2) is 0 Å². The maximum absolute atomic E-state index is 12.6. The van der Waals surface area contributed by atoms with Crippen LogP contribution in [0.3, 0.4) is 0 Å². The molecule has 1 N–H and O–H groups in total. The van der Waals surface area contributed by atoms with Crippen LogP contribution in [-0.2, 0) is 15.7 Å². The second-order valence-corrected chi connectivity index (χ2v) is 6.25. The van der Waals surface area contributed by atoms with Crippen molar-refractivity contribution in [3.8, 4) is 5.75 Å². The second-order valence-electron chi connectivity index (χ2n) is 6.25. The van der Waals surface area contributed by atoms with Crippen LogP contribution in [0.4, 0.5) is 13.2 Å². The Balaban J connectivity index is 1.67. The van der Waals surface area contributed by atoms with Gasteiger partial charge < -0.3 is 14.4 Å². The Morgan fingerprint density at radius 2 is 2.00 bits per heavy atom. The molecule has 0 unspecified atom stereocenters. The zero-order valence-corrected chi connectivity index (χ0v) is 14.4. The monoisotopic (exact) mass is 360 g/mol. The average Bonchev–Trinajstić information content (AvgIpc) is 2.59. The molecule has 1 fully saturated rings. The standard InChI is InChI=1S/C18H24F3NO3/c1-2-24-17(23)14-7-10-22(11-8-14)9-4-12-25-16-6-3-5-15(13-16)18(19,20)21/h3,5-6,13-14H,2,4,7-12H2,1H3/p+1. The minimum atomic E-state index is -4.35. The minimum Gasteiger partial charge on any atom is -0.493 e. The van der Waals surface area contributed by atoms with Crippen molar-refractivity contribution in [1.82, 2.24) is 0 Å². The van der Waals surface area contributed by atoms with Crippen molar-refractivity contribution < 1.29 is 32.3 Å². The van der Waals surface area contributed by atoms with Gasteiger partial charge in [0.05, 0.1) is 44.3 Å². The molecular formula is C18H25F3NO3+. The lowest BCUT2D eigenvalue weighted by atomic mass is 9.97. The summed E-state index contributed by atoms with van der Waals surface area (Å²) in [4.78, 5) is 13.1. The van der Waals surface area contributed by atoms with Crippen LogP contribution in [0.2, 0.25) is 0 Å². The molecule has 1 aliphatic heterocycles. The van der Waals surface area contributed by atoms with Gasteiger partial charge in [-0.15, -0.1) is 0 Å². The first-order valence-electron chi connectivity index (χ1n) is 8.70. The van der Waals surface area contributed by atoms with E-state index in [0.29, 0.717) is 13.2 Å². The molecule has 7 heteroatoms. The van der Waals surface area contributed by atoms with Gasteiger partial charge in [-0.2, -0.15) is 13.2 Å². The first kappa shape index (κ1) is 19.6. The van der Waals surface area contributed by atoms with Crippen molar-refractivity contribution in [1.29, 1.82) is 0 Å². The summed E-state index contributed by atoms with van der Waals surface area (Å²) in [7, 11) is 0. The summed E-state index contributed by atoms with van der Waals surface area (Å²) in [6, 6.07) is 4.94. The third kappa shape index (κ3) is 6.23. The Hall–Kier alpha value is -1.76. The number of alkyl halides is 3. The third-order valence-electron chi connectivity index (χ3n) is 4.42. The number of hydrogen-bond donors (Lipinski definition) is 1. The van der Waals surface area contributed by atoms with E-state index < -0.39 is 11.7 Å². The highest BCUT2D eigenvalue weighted by atomic mass is 19.4. The van der Waals surface area contributed by atoms with Gasteiger partial charge in [-0.1, -0.05) is 6.07 Å². The molecule has 0 bridgehead atoms. The number of benzene rings is 1. The number of piperidine rings is 1. The van der Waals surface area contributed by atoms with Crippen LogP contribution in [0.5, 0.6) is 5.75 Å². The zero-order valence-electron chi connectivity index (χ0n) is 14.4. The van der Waals surface area contributed by atoms with Crippen molar-refractivity contribution in [2.24, 2.45) is 5.92 Å². The number of nitrogens with one attached hydrogen (secondary N) is 1. The number of carbonyl (C=O) groups excluding carboxylic acids is 1. The van der Waals surface area contributed by atoms with Gasteiger partial charge in [0.25, 0.3) is 0 Å². The lowest BCUT2D eigenvalue weighted by Crippen LogP contribution is -3.13. The lowest BCUT2D eigenvalue weighted by Gasteiger charge is -2.28. The molecule has 25 heavy (non-hydrogen) atoms. The van der Waals surface area contributed by atoms with Crippen molar-refractivity contribution in [3.63, 3.8) is 0 Å². The normalized spacial score (nSPS) is 21.0. The minimum absolute atomic E-state index is 0.00468. The fourth-order valence-electron chi connectivity index (χ4n) is 3.05. The molecule has 4 nitrogen and oxygen atoms in total. The summed E-state index contributed by atoms with van der Waals surface area (Å²) >= 11 is 0. The number of halogens is 3. The van der Waals surface area contributed by atoms with E-state index in [1.807, 2.05) is 6.92 Å². The largest absolute Gasteiger partial charge is 0.493 e. The molecule has 1 heterocycles. The third-order valence-corrected chi connectivity index (χ3v) is 4.42. The molecule has 1 aromatic carbocycles. The Labute approximate surface area is 145 Å². The predicted octanol–water partition coefficient (Wildman–Crippen LogP) is 2.33. The van der Waals surface area contributed by atoms with Crippen LogP contribution in [0.1, 0.15) is 31.7 Å². The van der Waals surface area contributed by atoms with Crippen molar-refractivity contribution in [2.75, 3.05) is 32.8 Å². The smallest absolute Gasteiger partial charge is 0.416 e. The van der Waals surface area contributed by atoms with E-state index >= 15 is 0 Å². The summed E-state index contributed by atoms with van der Waals surface area (Å²) in [6.07, 6.45) is -1.95. The van der Waals surface area contributed by atoms with Crippen molar-refractivity contribution >= 4 is 5.97 Å².